The highest BCUT2D eigenvalue weighted by molar-refractivity contribution is 6.51. The lowest BCUT2D eigenvalue weighted by molar-refractivity contribution is -0.132. The minimum Gasteiger partial charge on any atom is -0.507 e. The maximum atomic E-state index is 13.5. The second kappa shape index (κ2) is 10.5. The van der Waals surface area contributed by atoms with Gasteiger partial charge in [0, 0.05) is 11.3 Å². The van der Waals surface area contributed by atoms with Crippen molar-refractivity contribution < 1.29 is 24.2 Å². The fourth-order valence-corrected chi connectivity index (χ4v) is 4.90. The molecule has 37 heavy (non-hydrogen) atoms. The molecular formula is C31H33NO5. The van der Waals surface area contributed by atoms with Crippen LogP contribution in [0.4, 0.5) is 5.69 Å². The molecule has 0 radical (unpaired) electrons. The molecule has 1 atom stereocenters. The lowest BCUT2D eigenvalue weighted by atomic mass is 9.93. The van der Waals surface area contributed by atoms with Crippen LogP contribution in [-0.2, 0) is 9.59 Å². The van der Waals surface area contributed by atoms with E-state index in [1.54, 1.807) is 31.4 Å². The molecule has 1 amide bonds. The Hall–Kier alpha value is -4.06. The summed E-state index contributed by atoms with van der Waals surface area (Å²) in [7, 11) is 1.56. The summed E-state index contributed by atoms with van der Waals surface area (Å²) in [6, 6.07) is 17.5. The number of nitrogens with zero attached hydrogens (tertiary/aromatic N) is 1. The number of ether oxygens (including phenoxy) is 2. The Labute approximate surface area is 218 Å². The molecular weight excluding hydrogens is 466 g/mol. The van der Waals surface area contributed by atoms with E-state index in [0.29, 0.717) is 29.2 Å². The molecule has 0 spiro atoms. The van der Waals surface area contributed by atoms with Crippen molar-refractivity contribution in [2.45, 2.75) is 46.6 Å². The van der Waals surface area contributed by atoms with E-state index >= 15 is 0 Å². The topological polar surface area (TPSA) is 76.1 Å². The van der Waals surface area contributed by atoms with Crippen molar-refractivity contribution in [2.24, 2.45) is 0 Å². The van der Waals surface area contributed by atoms with E-state index in [0.717, 1.165) is 22.4 Å². The van der Waals surface area contributed by atoms with Crippen LogP contribution in [0.3, 0.4) is 0 Å². The van der Waals surface area contributed by atoms with Gasteiger partial charge in [0.05, 0.1) is 25.3 Å². The first-order valence-electron chi connectivity index (χ1n) is 12.5. The van der Waals surface area contributed by atoms with Crippen molar-refractivity contribution in [2.75, 3.05) is 18.6 Å². The Morgan fingerprint density at radius 2 is 1.70 bits per heavy atom. The fraction of sp³-hybridized carbons (Fsp3) is 0.290. The maximum Gasteiger partial charge on any atom is 0.300 e. The van der Waals surface area contributed by atoms with Gasteiger partial charge in [-0.05, 0) is 91.4 Å². The Balaban J connectivity index is 1.96. The predicted molar refractivity (Wildman–Crippen MR) is 145 cm³/mol. The molecule has 3 aromatic rings. The van der Waals surface area contributed by atoms with Gasteiger partial charge >= 0.3 is 0 Å². The van der Waals surface area contributed by atoms with Crippen LogP contribution in [-0.4, -0.2) is 30.5 Å². The SMILES string of the molecule is CCOc1ccc(/C(O)=C2/C(=O)C(=O)N(c3cc(C)cc(C)c3)C2c2cccc(OC)c2)cc1C(C)C. The second-order valence-electron chi connectivity index (χ2n) is 9.63. The Bertz CT molecular complexity index is 1370. The van der Waals surface area contributed by atoms with Crippen LogP contribution >= 0.6 is 0 Å². The zero-order valence-electron chi connectivity index (χ0n) is 22.2. The lowest BCUT2D eigenvalue weighted by Crippen LogP contribution is -2.29. The first-order valence-corrected chi connectivity index (χ1v) is 12.5. The van der Waals surface area contributed by atoms with Gasteiger partial charge in [0.15, 0.2) is 0 Å². The highest BCUT2D eigenvalue weighted by atomic mass is 16.5. The van der Waals surface area contributed by atoms with E-state index < -0.39 is 17.7 Å². The molecule has 6 heteroatoms. The van der Waals surface area contributed by atoms with Crippen molar-refractivity contribution in [3.8, 4) is 11.5 Å². The summed E-state index contributed by atoms with van der Waals surface area (Å²) in [5.74, 6) is -0.191. The summed E-state index contributed by atoms with van der Waals surface area (Å²) in [5, 5.41) is 11.6. The van der Waals surface area contributed by atoms with Gasteiger partial charge in [-0.2, -0.15) is 0 Å². The van der Waals surface area contributed by atoms with Crippen LogP contribution in [0.15, 0.2) is 66.2 Å². The molecule has 1 N–H and O–H groups in total. The molecule has 1 aliphatic rings. The Morgan fingerprint density at radius 3 is 2.32 bits per heavy atom. The number of benzene rings is 3. The highest BCUT2D eigenvalue weighted by Crippen LogP contribution is 2.43. The number of Topliss-reactive ketones (excluding diaryl/α,β-unsaturated/α-hetero) is 1. The Kier molecular flexibility index (Phi) is 7.39. The monoisotopic (exact) mass is 499 g/mol. The van der Waals surface area contributed by atoms with Crippen LogP contribution in [0, 0.1) is 13.8 Å². The summed E-state index contributed by atoms with van der Waals surface area (Å²) < 4.78 is 11.2. The number of methoxy groups -OCH3 is 1. The van der Waals surface area contributed by atoms with Crippen molar-refractivity contribution in [3.05, 3.63) is 94.1 Å². The Morgan fingerprint density at radius 1 is 1.00 bits per heavy atom. The van der Waals surface area contributed by atoms with Crippen LogP contribution in [0.5, 0.6) is 11.5 Å². The summed E-state index contributed by atoms with van der Waals surface area (Å²) >= 11 is 0. The third-order valence-electron chi connectivity index (χ3n) is 6.54. The number of aryl methyl sites for hydroxylation is 2. The number of hydrogen-bond donors (Lipinski definition) is 1. The van der Waals surface area contributed by atoms with Gasteiger partial charge in [0.2, 0.25) is 0 Å². The van der Waals surface area contributed by atoms with Crippen LogP contribution in [0.2, 0.25) is 0 Å². The molecule has 0 saturated carbocycles. The molecule has 1 unspecified atom stereocenters. The maximum absolute atomic E-state index is 13.5. The minimum atomic E-state index is -0.828. The van der Waals surface area contributed by atoms with Gasteiger partial charge < -0.3 is 14.6 Å². The molecule has 4 rings (SSSR count). The van der Waals surface area contributed by atoms with Gasteiger partial charge in [0.1, 0.15) is 17.3 Å². The average Bonchev–Trinajstić information content (AvgIpc) is 3.13. The molecule has 3 aromatic carbocycles. The first kappa shape index (κ1) is 26.0. The van der Waals surface area contributed by atoms with Crippen molar-refractivity contribution in [1.29, 1.82) is 0 Å². The molecule has 0 aliphatic carbocycles. The fourth-order valence-electron chi connectivity index (χ4n) is 4.90. The van der Waals surface area contributed by atoms with Crippen molar-refractivity contribution >= 4 is 23.1 Å². The van der Waals surface area contributed by atoms with Gasteiger partial charge in [0.25, 0.3) is 11.7 Å². The zero-order chi connectivity index (χ0) is 26.9. The number of carbonyl (C=O) groups excluding carboxylic acids is 2. The second-order valence-corrected chi connectivity index (χ2v) is 9.63. The summed E-state index contributed by atoms with van der Waals surface area (Å²) in [6.07, 6.45) is 0. The number of aliphatic hydroxyl groups excluding tert-OH is 1. The number of rotatable bonds is 7. The number of anilines is 1. The largest absolute Gasteiger partial charge is 0.507 e. The van der Waals surface area contributed by atoms with Gasteiger partial charge in [-0.3, -0.25) is 14.5 Å². The number of aliphatic hydroxyl groups is 1. The van der Waals surface area contributed by atoms with Gasteiger partial charge in [-0.1, -0.05) is 32.0 Å². The van der Waals surface area contributed by atoms with Gasteiger partial charge in [-0.15, -0.1) is 0 Å². The summed E-state index contributed by atoms with van der Waals surface area (Å²) in [4.78, 5) is 28.5. The minimum absolute atomic E-state index is 0.0382. The van der Waals surface area contributed by atoms with E-state index in [2.05, 4.69) is 0 Å². The number of ketones is 1. The van der Waals surface area contributed by atoms with Crippen LogP contribution < -0.4 is 14.4 Å². The van der Waals surface area contributed by atoms with E-state index in [1.165, 1.54) is 4.90 Å². The number of amides is 1. The van der Waals surface area contributed by atoms with Crippen LogP contribution in [0.25, 0.3) is 5.76 Å². The average molecular weight is 500 g/mol. The summed E-state index contributed by atoms with van der Waals surface area (Å²) in [6.45, 7) is 10.4. The quantitative estimate of drug-likeness (QED) is 0.229. The molecule has 192 valence electrons. The van der Waals surface area contributed by atoms with Crippen molar-refractivity contribution in [3.63, 3.8) is 0 Å². The molecule has 0 aromatic heterocycles. The lowest BCUT2D eigenvalue weighted by Gasteiger charge is -2.26. The molecule has 1 aliphatic heterocycles. The van der Waals surface area contributed by atoms with E-state index in [1.807, 2.05) is 71.0 Å². The number of carbonyl (C=O) groups is 2. The van der Waals surface area contributed by atoms with E-state index in [4.69, 9.17) is 9.47 Å². The molecule has 1 fully saturated rings. The summed E-state index contributed by atoms with van der Waals surface area (Å²) in [5.41, 5.74) is 4.60. The van der Waals surface area contributed by atoms with Crippen molar-refractivity contribution in [1.82, 2.24) is 0 Å². The normalized spacial score (nSPS) is 16.9. The van der Waals surface area contributed by atoms with E-state index in [9.17, 15) is 14.7 Å². The molecule has 0 bridgehead atoms. The van der Waals surface area contributed by atoms with Crippen LogP contribution in [0.1, 0.15) is 60.5 Å². The van der Waals surface area contributed by atoms with Gasteiger partial charge in [-0.25, -0.2) is 0 Å². The third-order valence-corrected chi connectivity index (χ3v) is 6.54. The predicted octanol–water partition coefficient (Wildman–Crippen LogP) is 6.46. The number of hydrogen-bond acceptors (Lipinski definition) is 5. The smallest absolute Gasteiger partial charge is 0.300 e. The third kappa shape index (κ3) is 4.96. The molecule has 6 nitrogen and oxygen atoms in total. The molecule has 1 saturated heterocycles. The zero-order valence-corrected chi connectivity index (χ0v) is 22.2. The standard InChI is InChI=1S/C31H33NO5/c1-7-37-26-12-11-22(17-25(26)18(2)3)29(33)27-28(21-9-8-10-24(16-21)36-6)32(31(35)30(27)34)23-14-19(4)13-20(5)15-23/h8-18,28,33H,7H2,1-6H3/b29-27-. The molecule has 1 heterocycles. The highest BCUT2D eigenvalue weighted by Gasteiger charge is 2.47. The van der Waals surface area contributed by atoms with E-state index in [-0.39, 0.29) is 17.3 Å². The first-order chi connectivity index (χ1) is 17.7.